The molecule has 1 heterocycles. The number of likely N-dealkylation sites (tertiary alicyclic amines) is 1. The lowest BCUT2D eigenvalue weighted by atomic mass is 10.1. The Kier molecular flexibility index (Phi) is 11.1. The van der Waals surface area contributed by atoms with E-state index in [4.69, 9.17) is 5.73 Å². The monoisotopic (exact) mass is 299 g/mol. The highest BCUT2D eigenvalue weighted by atomic mass is 35.5. The third kappa shape index (κ3) is 7.41. The first-order valence-electron chi connectivity index (χ1n) is 6.24. The van der Waals surface area contributed by atoms with Crippen LogP contribution in [-0.4, -0.2) is 43.0 Å². The molecule has 0 radical (unpaired) electrons. The second-order valence-electron chi connectivity index (χ2n) is 5.34. The van der Waals surface area contributed by atoms with Crippen molar-refractivity contribution in [3.8, 4) is 0 Å². The van der Waals surface area contributed by atoms with E-state index in [1.165, 1.54) is 6.42 Å². The number of halogens is 2. The molecular weight excluding hydrogens is 273 g/mol. The molecule has 1 amide bonds. The Morgan fingerprint density at radius 1 is 1.39 bits per heavy atom. The van der Waals surface area contributed by atoms with Gasteiger partial charge in [-0.05, 0) is 31.7 Å². The standard InChI is InChI=1S/C12H25N3O.2ClH/c1-9(2)7-15-5-4-11(8-15)6-14-12(16)10(3)13;;/h9-11H,4-8,13H2,1-3H3,(H,14,16);2*1H/t10-,11?;;/m1../s1. The van der Waals surface area contributed by atoms with Gasteiger partial charge in [0.25, 0.3) is 0 Å². The second kappa shape index (κ2) is 9.84. The maximum atomic E-state index is 11.3. The van der Waals surface area contributed by atoms with Gasteiger partial charge in [0, 0.05) is 19.6 Å². The zero-order chi connectivity index (χ0) is 12.1. The van der Waals surface area contributed by atoms with E-state index in [-0.39, 0.29) is 30.7 Å². The summed E-state index contributed by atoms with van der Waals surface area (Å²) >= 11 is 0. The predicted molar refractivity (Wildman–Crippen MR) is 80.5 cm³/mol. The zero-order valence-electron chi connectivity index (χ0n) is 11.5. The molecule has 0 bridgehead atoms. The molecule has 1 unspecified atom stereocenters. The van der Waals surface area contributed by atoms with E-state index in [1.54, 1.807) is 6.92 Å². The van der Waals surface area contributed by atoms with Crippen molar-refractivity contribution < 1.29 is 4.79 Å². The van der Waals surface area contributed by atoms with Gasteiger partial charge in [0.05, 0.1) is 6.04 Å². The lowest BCUT2D eigenvalue weighted by Gasteiger charge is -2.18. The first kappa shape index (κ1) is 20.3. The Morgan fingerprint density at radius 3 is 2.50 bits per heavy atom. The number of nitrogens with zero attached hydrogens (tertiary/aromatic N) is 1. The normalized spacial score (nSPS) is 21.1. The Hall–Kier alpha value is -0.0300. The van der Waals surface area contributed by atoms with Crippen molar-refractivity contribution in [1.82, 2.24) is 10.2 Å². The van der Waals surface area contributed by atoms with Crippen LogP contribution in [0.4, 0.5) is 0 Å². The fraction of sp³-hybridized carbons (Fsp3) is 0.917. The molecule has 0 aliphatic carbocycles. The average Bonchev–Trinajstić information content (AvgIpc) is 2.60. The molecule has 1 fully saturated rings. The molecule has 0 aromatic carbocycles. The van der Waals surface area contributed by atoms with Crippen molar-refractivity contribution >= 4 is 30.7 Å². The number of carbonyl (C=O) groups excluding carboxylic acids is 1. The van der Waals surface area contributed by atoms with E-state index in [1.807, 2.05) is 0 Å². The molecule has 3 N–H and O–H groups in total. The van der Waals surface area contributed by atoms with Gasteiger partial charge in [-0.2, -0.15) is 0 Å². The molecule has 4 nitrogen and oxygen atoms in total. The maximum absolute atomic E-state index is 11.3. The maximum Gasteiger partial charge on any atom is 0.236 e. The minimum Gasteiger partial charge on any atom is -0.354 e. The van der Waals surface area contributed by atoms with Gasteiger partial charge in [0.1, 0.15) is 0 Å². The van der Waals surface area contributed by atoms with E-state index < -0.39 is 6.04 Å². The summed E-state index contributed by atoms with van der Waals surface area (Å²) in [6, 6.07) is -0.395. The summed E-state index contributed by atoms with van der Waals surface area (Å²) in [5.41, 5.74) is 5.49. The molecule has 18 heavy (non-hydrogen) atoms. The molecule has 1 aliphatic rings. The van der Waals surface area contributed by atoms with Crippen LogP contribution in [0, 0.1) is 11.8 Å². The molecule has 1 aliphatic heterocycles. The Balaban J connectivity index is 0. The van der Waals surface area contributed by atoms with Crippen LogP contribution in [0.1, 0.15) is 27.2 Å². The van der Waals surface area contributed by atoms with Crippen molar-refractivity contribution in [3.63, 3.8) is 0 Å². The molecule has 0 spiro atoms. The molecule has 0 aromatic heterocycles. The van der Waals surface area contributed by atoms with Crippen LogP contribution in [0.15, 0.2) is 0 Å². The van der Waals surface area contributed by atoms with Gasteiger partial charge >= 0.3 is 0 Å². The highest BCUT2D eigenvalue weighted by molar-refractivity contribution is 5.85. The molecule has 1 saturated heterocycles. The van der Waals surface area contributed by atoms with Crippen molar-refractivity contribution in [2.45, 2.75) is 33.2 Å². The third-order valence-corrected chi connectivity index (χ3v) is 2.97. The minimum atomic E-state index is -0.395. The lowest BCUT2D eigenvalue weighted by Crippen LogP contribution is -2.41. The number of amides is 1. The molecule has 0 aromatic rings. The summed E-state index contributed by atoms with van der Waals surface area (Å²) in [6.07, 6.45) is 1.19. The predicted octanol–water partition coefficient (Wildman–Crippen LogP) is 1.27. The van der Waals surface area contributed by atoms with Crippen LogP contribution in [0.2, 0.25) is 0 Å². The van der Waals surface area contributed by atoms with E-state index in [0.29, 0.717) is 5.92 Å². The summed E-state index contributed by atoms with van der Waals surface area (Å²) in [4.78, 5) is 13.8. The average molecular weight is 300 g/mol. The van der Waals surface area contributed by atoms with E-state index in [2.05, 4.69) is 24.1 Å². The highest BCUT2D eigenvalue weighted by Gasteiger charge is 2.23. The number of hydrogen-bond acceptors (Lipinski definition) is 3. The van der Waals surface area contributed by atoms with Gasteiger partial charge in [-0.3, -0.25) is 4.79 Å². The fourth-order valence-corrected chi connectivity index (χ4v) is 2.17. The summed E-state index contributed by atoms with van der Waals surface area (Å²) in [5, 5.41) is 2.91. The quantitative estimate of drug-likeness (QED) is 0.804. The molecule has 1 rings (SSSR count). The molecule has 0 saturated carbocycles. The van der Waals surface area contributed by atoms with Gasteiger partial charge in [0.15, 0.2) is 0 Å². The van der Waals surface area contributed by atoms with E-state index in [0.717, 1.165) is 32.1 Å². The summed E-state index contributed by atoms with van der Waals surface area (Å²) < 4.78 is 0. The third-order valence-electron chi connectivity index (χ3n) is 2.97. The van der Waals surface area contributed by atoms with Crippen molar-refractivity contribution in [2.24, 2.45) is 17.6 Å². The number of hydrogen-bond donors (Lipinski definition) is 2. The van der Waals surface area contributed by atoms with Gasteiger partial charge in [-0.15, -0.1) is 24.8 Å². The van der Waals surface area contributed by atoms with E-state index in [9.17, 15) is 4.79 Å². The topological polar surface area (TPSA) is 58.4 Å². The second-order valence-corrected chi connectivity index (χ2v) is 5.34. The number of carbonyl (C=O) groups is 1. The van der Waals surface area contributed by atoms with Crippen molar-refractivity contribution in [2.75, 3.05) is 26.2 Å². The van der Waals surface area contributed by atoms with Crippen LogP contribution in [0.3, 0.4) is 0 Å². The Labute approximate surface area is 123 Å². The molecular formula is C12H27Cl2N3O. The SMILES string of the molecule is CC(C)CN1CCC(CNC(=O)[C@@H](C)N)C1.Cl.Cl. The van der Waals surface area contributed by atoms with Crippen LogP contribution in [0.25, 0.3) is 0 Å². The van der Waals surface area contributed by atoms with Crippen LogP contribution >= 0.6 is 24.8 Å². The molecule has 6 heteroatoms. The highest BCUT2D eigenvalue weighted by Crippen LogP contribution is 2.16. The first-order chi connectivity index (χ1) is 7.49. The Bertz CT molecular complexity index is 237. The van der Waals surface area contributed by atoms with Gasteiger partial charge < -0.3 is 16.0 Å². The van der Waals surface area contributed by atoms with Crippen molar-refractivity contribution in [1.29, 1.82) is 0 Å². The van der Waals surface area contributed by atoms with Gasteiger partial charge in [0.2, 0.25) is 5.91 Å². The number of nitrogens with two attached hydrogens (primary N) is 1. The lowest BCUT2D eigenvalue weighted by molar-refractivity contribution is -0.122. The van der Waals surface area contributed by atoms with Gasteiger partial charge in [-0.1, -0.05) is 13.8 Å². The number of rotatable bonds is 5. The van der Waals surface area contributed by atoms with Crippen molar-refractivity contribution in [3.05, 3.63) is 0 Å². The summed E-state index contributed by atoms with van der Waals surface area (Å²) in [5.74, 6) is 1.28. The first-order valence-corrected chi connectivity index (χ1v) is 6.24. The van der Waals surface area contributed by atoms with Crippen LogP contribution < -0.4 is 11.1 Å². The number of nitrogens with one attached hydrogen (secondary N) is 1. The Morgan fingerprint density at radius 2 is 2.00 bits per heavy atom. The molecule has 110 valence electrons. The van der Waals surface area contributed by atoms with Crippen LogP contribution in [-0.2, 0) is 4.79 Å². The fourth-order valence-electron chi connectivity index (χ4n) is 2.17. The summed E-state index contributed by atoms with van der Waals surface area (Å²) in [7, 11) is 0. The van der Waals surface area contributed by atoms with Gasteiger partial charge in [-0.25, -0.2) is 0 Å². The smallest absolute Gasteiger partial charge is 0.236 e. The molecule has 2 atom stereocenters. The summed E-state index contributed by atoms with van der Waals surface area (Å²) in [6.45, 7) is 10.4. The zero-order valence-corrected chi connectivity index (χ0v) is 13.1. The van der Waals surface area contributed by atoms with Crippen LogP contribution in [0.5, 0.6) is 0 Å². The largest absolute Gasteiger partial charge is 0.354 e. The van der Waals surface area contributed by atoms with E-state index >= 15 is 0 Å². The minimum absolute atomic E-state index is 0.